The molecule has 7 nitrogen and oxygen atoms in total. The Bertz CT molecular complexity index is 519. The fourth-order valence-electron chi connectivity index (χ4n) is 1.98. The number of carbonyl (C=O) groups is 4. The summed E-state index contributed by atoms with van der Waals surface area (Å²) in [5.41, 5.74) is 0.431. The van der Waals surface area contributed by atoms with Crippen LogP contribution in [0, 0.1) is 11.8 Å². The molecule has 7 heteroatoms. The van der Waals surface area contributed by atoms with E-state index in [1.54, 1.807) is 26.0 Å². The maximum absolute atomic E-state index is 11.8. The molecule has 0 aromatic rings. The molecule has 0 saturated carbocycles. The topological polar surface area (TPSA) is 118 Å². The van der Waals surface area contributed by atoms with Crippen molar-refractivity contribution in [2.75, 3.05) is 6.61 Å². The number of hydrogen-bond acceptors (Lipinski definition) is 5. The Morgan fingerprint density at radius 1 is 1.29 bits per heavy atom. The average Bonchev–Trinajstić information content (AvgIpc) is 3.02. The first-order valence-corrected chi connectivity index (χ1v) is 7.72. The number of ether oxygens (including phenoxy) is 1. The van der Waals surface area contributed by atoms with Gasteiger partial charge in [-0.15, -0.1) is 6.58 Å². The summed E-state index contributed by atoms with van der Waals surface area (Å²) in [4.78, 5) is 44.0. The lowest BCUT2D eigenvalue weighted by Crippen LogP contribution is -2.34. The van der Waals surface area contributed by atoms with Gasteiger partial charge in [0.1, 0.15) is 0 Å². The highest BCUT2D eigenvalue weighted by molar-refractivity contribution is 6.20. The van der Waals surface area contributed by atoms with E-state index in [1.165, 1.54) is 0 Å². The van der Waals surface area contributed by atoms with Crippen molar-refractivity contribution in [3.63, 3.8) is 0 Å². The van der Waals surface area contributed by atoms with Crippen LogP contribution in [0.15, 0.2) is 24.3 Å². The molecule has 134 valence electrons. The van der Waals surface area contributed by atoms with Gasteiger partial charge in [0.25, 0.3) is 0 Å². The number of carboxylic acid groups (broad SMARTS) is 2. The molecule has 0 aromatic heterocycles. The summed E-state index contributed by atoms with van der Waals surface area (Å²) in [6.45, 7) is 6.71. The number of hydrogen-bond donors (Lipinski definition) is 2. The second-order valence-electron chi connectivity index (χ2n) is 5.27. The molecule has 0 bridgehead atoms. The third kappa shape index (κ3) is 7.21. The van der Waals surface area contributed by atoms with Crippen molar-refractivity contribution in [3.8, 4) is 0 Å². The number of ketones is 1. The zero-order chi connectivity index (χ0) is 18.7. The van der Waals surface area contributed by atoms with Crippen molar-refractivity contribution in [1.29, 1.82) is 0 Å². The number of carboxylic acids is 2. The van der Waals surface area contributed by atoms with Crippen molar-refractivity contribution in [3.05, 3.63) is 24.3 Å². The van der Waals surface area contributed by atoms with E-state index in [0.717, 1.165) is 12.8 Å². The fraction of sp³-hybridized carbons (Fsp3) is 0.529. The Labute approximate surface area is 141 Å². The van der Waals surface area contributed by atoms with Gasteiger partial charge < -0.3 is 14.9 Å². The van der Waals surface area contributed by atoms with E-state index in [1.807, 2.05) is 0 Å². The van der Waals surface area contributed by atoms with Crippen LogP contribution in [0.25, 0.3) is 0 Å². The van der Waals surface area contributed by atoms with Gasteiger partial charge in [-0.25, -0.2) is 0 Å². The number of aliphatic carboxylic acids is 2. The molecule has 0 spiro atoms. The molecule has 0 fully saturated rings. The third-order valence-corrected chi connectivity index (χ3v) is 3.33. The summed E-state index contributed by atoms with van der Waals surface area (Å²) < 4.78 is 4.58. The minimum Gasteiger partial charge on any atom is -0.481 e. The van der Waals surface area contributed by atoms with Crippen LogP contribution in [0.5, 0.6) is 0 Å². The van der Waals surface area contributed by atoms with Crippen LogP contribution in [-0.2, 0) is 23.9 Å². The lowest BCUT2D eigenvalue weighted by atomic mass is 9.97. The summed E-state index contributed by atoms with van der Waals surface area (Å²) in [6.07, 6.45) is 5.99. The Balaban J connectivity index is 0.000000561. The van der Waals surface area contributed by atoms with Gasteiger partial charge in [0.05, 0.1) is 12.5 Å². The van der Waals surface area contributed by atoms with Crippen molar-refractivity contribution < 1.29 is 34.1 Å². The molecule has 24 heavy (non-hydrogen) atoms. The van der Waals surface area contributed by atoms with Crippen LogP contribution in [0.3, 0.4) is 0 Å². The maximum Gasteiger partial charge on any atom is 0.328 e. The number of Topliss-reactive ketones (excluding diaryl/α,β-unsaturated/α-hetero) is 1. The van der Waals surface area contributed by atoms with Gasteiger partial charge in [-0.3, -0.25) is 19.2 Å². The summed E-state index contributed by atoms with van der Waals surface area (Å²) >= 11 is 0. The van der Waals surface area contributed by atoms with E-state index in [4.69, 9.17) is 10.2 Å². The van der Waals surface area contributed by atoms with Crippen LogP contribution in [-0.4, -0.2) is 40.5 Å². The molecule has 0 aliphatic heterocycles. The predicted octanol–water partition coefficient (Wildman–Crippen LogP) is 2.21. The number of allylic oxidation sites excluding steroid dienone is 3. The van der Waals surface area contributed by atoms with E-state index < -0.39 is 29.6 Å². The Morgan fingerprint density at radius 3 is 2.25 bits per heavy atom. The van der Waals surface area contributed by atoms with Gasteiger partial charge in [0.2, 0.25) is 5.92 Å². The van der Waals surface area contributed by atoms with Crippen LogP contribution < -0.4 is 0 Å². The van der Waals surface area contributed by atoms with E-state index in [-0.39, 0.29) is 12.5 Å². The monoisotopic (exact) mass is 340 g/mol. The first-order valence-electron chi connectivity index (χ1n) is 7.72. The van der Waals surface area contributed by atoms with Crippen LogP contribution in [0.2, 0.25) is 0 Å². The maximum atomic E-state index is 11.8. The van der Waals surface area contributed by atoms with E-state index in [2.05, 4.69) is 11.3 Å². The van der Waals surface area contributed by atoms with Crippen LogP contribution in [0.4, 0.5) is 0 Å². The molecule has 0 radical (unpaired) electrons. The standard InChI is InChI=1S/C11H14O5.C6H10O2/c1-2-16-11(15)8(10(13)14)9(12)7-5-3-4-6-7;1-3-4-5(2)6(7)8/h5,8H,2-4,6H2,1H3,(H,13,14);3,5H,1,4H2,2H3,(H,7,8). The molecule has 1 aliphatic carbocycles. The smallest absolute Gasteiger partial charge is 0.328 e. The minimum atomic E-state index is -1.70. The Kier molecular flexibility index (Phi) is 10.0. The molecule has 2 N–H and O–H groups in total. The van der Waals surface area contributed by atoms with Crippen LogP contribution >= 0.6 is 0 Å². The van der Waals surface area contributed by atoms with Crippen LogP contribution in [0.1, 0.15) is 39.5 Å². The van der Waals surface area contributed by atoms with E-state index >= 15 is 0 Å². The highest BCUT2D eigenvalue weighted by Crippen LogP contribution is 2.22. The summed E-state index contributed by atoms with van der Waals surface area (Å²) in [6, 6.07) is 0. The minimum absolute atomic E-state index is 0.0644. The SMILES string of the molecule is C=CCC(C)C(=O)O.CCOC(=O)C(C(=O)O)C(=O)C1=CCCC1. The Hall–Kier alpha value is -2.44. The van der Waals surface area contributed by atoms with Gasteiger partial charge in [-0.05, 0) is 38.2 Å². The number of esters is 1. The van der Waals surface area contributed by atoms with Gasteiger partial charge in [-0.1, -0.05) is 19.1 Å². The lowest BCUT2D eigenvalue weighted by Gasteiger charge is -2.10. The highest BCUT2D eigenvalue weighted by atomic mass is 16.5. The second-order valence-corrected chi connectivity index (χ2v) is 5.27. The summed E-state index contributed by atoms with van der Waals surface area (Å²) in [5.74, 6) is -5.81. The number of rotatable bonds is 8. The molecule has 0 aromatic carbocycles. The Morgan fingerprint density at radius 2 is 1.92 bits per heavy atom. The molecule has 0 heterocycles. The lowest BCUT2D eigenvalue weighted by molar-refractivity contribution is -0.160. The van der Waals surface area contributed by atoms with Gasteiger partial charge in [-0.2, -0.15) is 0 Å². The summed E-state index contributed by atoms with van der Waals surface area (Å²) in [7, 11) is 0. The van der Waals surface area contributed by atoms with Gasteiger partial charge in [0, 0.05) is 0 Å². The molecule has 0 saturated heterocycles. The van der Waals surface area contributed by atoms with E-state index in [0.29, 0.717) is 18.4 Å². The zero-order valence-electron chi connectivity index (χ0n) is 14.0. The van der Waals surface area contributed by atoms with Crippen molar-refractivity contribution >= 4 is 23.7 Å². The highest BCUT2D eigenvalue weighted by Gasteiger charge is 2.37. The van der Waals surface area contributed by atoms with Gasteiger partial charge in [0.15, 0.2) is 5.78 Å². The molecule has 2 atom stereocenters. The summed E-state index contributed by atoms with van der Waals surface area (Å²) in [5, 5.41) is 17.1. The molecular weight excluding hydrogens is 316 g/mol. The van der Waals surface area contributed by atoms with Gasteiger partial charge >= 0.3 is 17.9 Å². The third-order valence-electron chi connectivity index (χ3n) is 3.33. The second kappa shape index (κ2) is 11.2. The molecule has 0 amide bonds. The first-order chi connectivity index (χ1) is 11.3. The quantitative estimate of drug-likeness (QED) is 0.395. The molecule has 1 rings (SSSR count). The van der Waals surface area contributed by atoms with E-state index in [9.17, 15) is 19.2 Å². The van der Waals surface area contributed by atoms with Crippen molar-refractivity contribution in [1.82, 2.24) is 0 Å². The van der Waals surface area contributed by atoms with Crippen molar-refractivity contribution in [2.45, 2.75) is 39.5 Å². The molecule has 1 aliphatic rings. The number of carbonyl (C=O) groups excluding carboxylic acids is 2. The fourth-order valence-corrected chi connectivity index (χ4v) is 1.98. The largest absolute Gasteiger partial charge is 0.481 e. The van der Waals surface area contributed by atoms with Crippen molar-refractivity contribution in [2.24, 2.45) is 11.8 Å². The molecular formula is C17H24O7. The normalized spacial score (nSPS) is 15.2. The molecule has 2 unspecified atom stereocenters. The average molecular weight is 340 g/mol. The zero-order valence-corrected chi connectivity index (χ0v) is 14.0. The predicted molar refractivity (Wildman–Crippen MR) is 86.3 cm³/mol. The first kappa shape index (κ1) is 21.6.